The Morgan fingerprint density at radius 2 is 1.82 bits per heavy atom. The van der Waals surface area contributed by atoms with Gasteiger partial charge in [0.2, 0.25) is 0 Å². The zero-order valence-electron chi connectivity index (χ0n) is 18.8. The highest BCUT2D eigenvalue weighted by molar-refractivity contribution is 7.99. The summed E-state index contributed by atoms with van der Waals surface area (Å²) in [5.74, 6) is 0.442. The van der Waals surface area contributed by atoms with Gasteiger partial charge in [-0.25, -0.2) is 10.4 Å². The van der Waals surface area contributed by atoms with Crippen LogP contribution in [0.15, 0.2) is 88.1 Å². The van der Waals surface area contributed by atoms with E-state index < -0.39 is 0 Å². The Balaban J connectivity index is 1.59. The van der Waals surface area contributed by atoms with Gasteiger partial charge in [-0.2, -0.15) is 5.10 Å². The molecule has 0 saturated heterocycles. The SMILES string of the molecule is CCOc1ccc(-n2c(SCC(=O)NN=C(C)c3ccncc3)nc3ccccc3c2=O)cc1. The first-order valence-electron chi connectivity index (χ1n) is 10.7. The fourth-order valence-corrected chi connectivity index (χ4v) is 4.07. The molecule has 0 spiro atoms. The second-order valence-corrected chi connectivity index (χ2v) is 8.18. The molecule has 2 aromatic heterocycles. The van der Waals surface area contributed by atoms with Gasteiger partial charge in [-0.3, -0.25) is 19.1 Å². The fraction of sp³-hybridized carbons (Fsp3) is 0.160. The van der Waals surface area contributed by atoms with E-state index in [2.05, 4.69) is 20.5 Å². The summed E-state index contributed by atoms with van der Waals surface area (Å²) < 4.78 is 7.02. The molecule has 0 atom stereocenters. The van der Waals surface area contributed by atoms with Crippen molar-refractivity contribution in [3.8, 4) is 11.4 Å². The molecule has 172 valence electrons. The van der Waals surface area contributed by atoms with E-state index in [0.717, 1.165) is 5.56 Å². The lowest BCUT2D eigenvalue weighted by atomic mass is 10.2. The van der Waals surface area contributed by atoms with E-state index in [1.54, 1.807) is 61.8 Å². The molecule has 1 N–H and O–H groups in total. The second kappa shape index (κ2) is 10.8. The van der Waals surface area contributed by atoms with Crippen molar-refractivity contribution in [3.63, 3.8) is 0 Å². The molecule has 0 unspecified atom stereocenters. The van der Waals surface area contributed by atoms with E-state index >= 15 is 0 Å². The van der Waals surface area contributed by atoms with Gasteiger partial charge in [0.05, 0.1) is 34.7 Å². The number of hydrogen-bond acceptors (Lipinski definition) is 7. The van der Waals surface area contributed by atoms with Gasteiger partial charge in [0.25, 0.3) is 11.5 Å². The molecule has 4 aromatic rings. The van der Waals surface area contributed by atoms with Crippen molar-refractivity contribution >= 4 is 34.3 Å². The van der Waals surface area contributed by atoms with Crippen molar-refractivity contribution in [2.45, 2.75) is 19.0 Å². The molecule has 0 aliphatic rings. The molecule has 8 nitrogen and oxygen atoms in total. The van der Waals surface area contributed by atoms with Crippen molar-refractivity contribution in [1.82, 2.24) is 20.0 Å². The summed E-state index contributed by atoms with van der Waals surface area (Å²) in [6.45, 7) is 4.27. The number of pyridine rings is 1. The maximum absolute atomic E-state index is 13.3. The first-order chi connectivity index (χ1) is 16.6. The van der Waals surface area contributed by atoms with Crippen LogP contribution in [0.3, 0.4) is 0 Å². The minimum atomic E-state index is -0.306. The van der Waals surface area contributed by atoms with Crippen LogP contribution < -0.4 is 15.7 Å². The fourth-order valence-electron chi connectivity index (χ4n) is 3.26. The van der Waals surface area contributed by atoms with Gasteiger partial charge < -0.3 is 4.74 Å². The summed E-state index contributed by atoms with van der Waals surface area (Å²) in [5.41, 5.74) is 5.10. The molecule has 0 radical (unpaired) electrons. The van der Waals surface area contributed by atoms with Crippen molar-refractivity contribution < 1.29 is 9.53 Å². The van der Waals surface area contributed by atoms with Crippen molar-refractivity contribution in [3.05, 3.63) is 89.0 Å². The third-order valence-corrected chi connectivity index (χ3v) is 5.87. The molecule has 0 saturated carbocycles. The van der Waals surface area contributed by atoms with E-state index in [4.69, 9.17) is 4.74 Å². The molecule has 34 heavy (non-hydrogen) atoms. The third-order valence-electron chi connectivity index (χ3n) is 4.93. The van der Waals surface area contributed by atoms with Gasteiger partial charge in [-0.05, 0) is 62.4 Å². The minimum absolute atomic E-state index is 0.0366. The van der Waals surface area contributed by atoms with Crippen LogP contribution in [0, 0.1) is 0 Å². The molecule has 9 heteroatoms. The van der Waals surface area contributed by atoms with Gasteiger partial charge in [-0.1, -0.05) is 23.9 Å². The topological polar surface area (TPSA) is 98.5 Å². The number of amides is 1. The number of hydrazone groups is 1. The number of aromatic nitrogens is 3. The summed E-state index contributed by atoms with van der Waals surface area (Å²) in [6.07, 6.45) is 3.33. The number of fused-ring (bicyclic) bond motifs is 1. The number of nitrogens with zero attached hydrogens (tertiary/aromatic N) is 4. The number of carbonyl (C=O) groups is 1. The number of carbonyl (C=O) groups excluding carboxylic acids is 1. The molecule has 0 aliphatic carbocycles. The average molecular weight is 474 g/mol. The van der Waals surface area contributed by atoms with Gasteiger partial charge in [-0.15, -0.1) is 0 Å². The zero-order chi connectivity index (χ0) is 23.9. The Hall–Kier alpha value is -3.98. The summed E-state index contributed by atoms with van der Waals surface area (Å²) in [4.78, 5) is 34.4. The van der Waals surface area contributed by atoms with Crippen LogP contribution in [0.4, 0.5) is 0 Å². The van der Waals surface area contributed by atoms with E-state index in [0.29, 0.717) is 39.8 Å². The van der Waals surface area contributed by atoms with Gasteiger partial charge in [0.1, 0.15) is 5.75 Å². The minimum Gasteiger partial charge on any atom is -0.494 e. The highest BCUT2D eigenvalue weighted by Gasteiger charge is 2.15. The predicted octanol–water partition coefficient (Wildman–Crippen LogP) is 3.81. The van der Waals surface area contributed by atoms with Crippen LogP contribution in [-0.2, 0) is 4.79 Å². The maximum Gasteiger partial charge on any atom is 0.266 e. The van der Waals surface area contributed by atoms with E-state index in [9.17, 15) is 9.59 Å². The molecule has 2 heterocycles. The van der Waals surface area contributed by atoms with Gasteiger partial charge >= 0.3 is 0 Å². The Kier molecular flexibility index (Phi) is 7.34. The third kappa shape index (κ3) is 5.32. The van der Waals surface area contributed by atoms with Crippen molar-refractivity contribution in [1.29, 1.82) is 0 Å². The number of thioether (sulfide) groups is 1. The van der Waals surface area contributed by atoms with Crippen molar-refractivity contribution in [2.75, 3.05) is 12.4 Å². The molecular weight excluding hydrogens is 450 g/mol. The summed E-state index contributed by atoms with van der Waals surface area (Å²) in [6, 6.07) is 18.0. The Labute approximate surface area is 200 Å². The molecule has 0 aliphatic heterocycles. The van der Waals surface area contributed by atoms with E-state index in [-0.39, 0.29) is 17.2 Å². The molecule has 4 rings (SSSR count). The van der Waals surface area contributed by atoms with Crippen LogP contribution >= 0.6 is 11.8 Å². The molecular formula is C25H23N5O3S. The quantitative estimate of drug-likeness (QED) is 0.181. The summed E-state index contributed by atoms with van der Waals surface area (Å²) >= 11 is 1.17. The number of hydrogen-bond donors (Lipinski definition) is 1. The Bertz CT molecular complexity index is 1390. The van der Waals surface area contributed by atoms with E-state index in [1.807, 2.05) is 25.1 Å². The van der Waals surface area contributed by atoms with Gasteiger partial charge in [0, 0.05) is 18.0 Å². The Morgan fingerprint density at radius 1 is 1.09 bits per heavy atom. The predicted molar refractivity (Wildman–Crippen MR) is 134 cm³/mol. The molecule has 1 amide bonds. The standard InChI is InChI=1S/C25H23N5O3S/c1-3-33-20-10-8-19(9-11-20)30-24(32)21-6-4-5-7-22(21)27-25(30)34-16-23(31)29-28-17(2)18-12-14-26-15-13-18/h4-15H,3,16H2,1-2H3,(H,29,31). The first kappa shape index (κ1) is 23.2. The highest BCUT2D eigenvalue weighted by atomic mass is 32.2. The molecule has 2 aromatic carbocycles. The Morgan fingerprint density at radius 3 is 2.56 bits per heavy atom. The normalized spacial score (nSPS) is 11.4. The van der Waals surface area contributed by atoms with Crippen LogP contribution in [-0.4, -0.2) is 38.5 Å². The van der Waals surface area contributed by atoms with Crippen LogP contribution in [0.2, 0.25) is 0 Å². The maximum atomic E-state index is 13.3. The number of benzene rings is 2. The monoisotopic (exact) mass is 473 g/mol. The van der Waals surface area contributed by atoms with Crippen LogP contribution in [0.5, 0.6) is 5.75 Å². The van der Waals surface area contributed by atoms with E-state index in [1.165, 1.54) is 16.3 Å². The lowest BCUT2D eigenvalue weighted by Gasteiger charge is -2.13. The zero-order valence-corrected chi connectivity index (χ0v) is 19.6. The second-order valence-electron chi connectivity index (χ2n) is 7.24. The number of para-hydroxylation sites is 1. The summed E-state index contributed by atoms with van der Waals surface area (Å²) in [7, 11) is 0. The molecule has 0 fully saturated rings. The van der Waals surface area contributed by atoms with Crippen LogP contribution in [0.1, 0.15) is 19.4 Å². The largest absolute Gasteiger partial charge is 0.494 e. The van der Waals surface area contributed by atoms with Crippen molar-refractivity contribution in [2.24, 2.45) is 5.10 Å². The smallest absolute Gasteiger partial charge is 0.266 e. The average Bonchev–Trinajstić information content (AvgIpc) is 2.87. The summed E-state index contributed by atoms with van der Waals surface area (Å²) in [5, 5.41) is 5.07. The van der Waals surface area contributed by atoms with Crippen LogP contribution in [0.25, 0.3) is 16.6 Å². The lowest BCUT2D eigenvalue weighted by molar-refractivity contribution is -0.118. The number of ether oxygens (including phenoxy) is 1. The number of nitrogens with one attached hydrogen (secondary N) is 1. The van der Waals surface area contributed by atoms with Gasteiger partial charge in [0.15, 0.2) is 5.16 Å². The highest BCUT2D eigenvalue weighted by Crippen LogP contribution is 2.23. The molecule has 0 bridgehead atoms. The number of rotatable bonds is 8. The first-order valence-corrected chi connectivity index (χ1v) is 11.7. The lowest BCUT2D eigenvalue weighted by Crippen LogP contribution is -2.24.